The van der Waals surface area contributed by atoms with Crippen LogP contribution in [0.3, 0.4) is 0 Å². The van der Waals surface area contributed by atoms with Gasteiger partial charge in [-0.05, 0) is 31.3 Å². The van der Waals surface area contributed by atoms with Crippen LogP contribution in [0.4, 0.5) is 0 Å². The van der Waals surface area contributed by atoms with Crippen LogP contribution < -0.4 is 0 Å². The van der Waals surface area contributed by atoms with Crippen LogP contribution in [-0.2, 0) is 4.74 Å². The molecule has 94 valence electrons. The lowest BCUT2D eigenvalue weighted by Gasteiger charge is -2.31. The Morgan fingerprint density at radius 3 is 3.12 bits per heavy atom. The number of nitrogens with zero attached hydrogens (tertiary/aromatic N) is 1. The zero-order chi connectivity index (χ0) is 12.3. The molecule has 0 radical (unpaired) electrons. The molecule has 1 unspecified atom stereocenters. The normalized spacial score (nSPS) is 21.6. The summed E-state index contributed by atoms with van der Waals surface area (Å²) in [5.41, 5.74) is 0.832. The van der Waals surface area contributed by atoms with E-state index in [4.69, 9.17) is 4.74 Å². The summed E-state index contributed by atoms with van der Waals surface area (Å²) in [6.07, 6.45) is 0.849. The first-order valence-electron chi connectivity index (χ1n) is 6.14. The predicted molar refractivity (Wildman–Crippen MR) is 69.9 cm³/mol. The van der Waals surface area contributed by atoms with Crippen LogP contribution in [0.25, 0.3) is 0 Å². The molecule has 1 aromatic rings. The minimum absolute atomic E-state index is 0.143. The fraction of sp³-hybridized carbons (Fsp3) is 0.615. The lowest BCUT2D eigenvalue weighted by molar-refractivity contribution is -0.0163. The Morgan fingerprint density at radius 1 is 1.65 bits per heavy atom. The molecule has 1 saturated heterocycles. The van der Waals surface area contributed by atoms with E-state index in [1.54, 1.807) is 11.3 Å². The van der Waals surface area contributed by atoms with Crippen molar-refractivity contribution in [2.75, 3.05) is 26.2 Å². The third-order valence-corrected chi connectivity index (χ3v) is 3.95. The monoisotopic (exact) mass is 253 g/mol. The summed E-state index contributed by atoms with van der Waals surface area (Å²) in [6, 6.07) is 1.91. The van der Waals surface area contributed by atoms with Gasteiger partial charge in [0, 0.05) is 23.5 Å². The molecule has 0 spiro atoms. The molecule has 0 N–H and O–H groups in total. The molecule has 1 aliphatic rings. The molecule has 1 aliphatic heterocycles. The number of ketones is 1. The number of thiophene rings is 1. The fourth-order valence-electron chi connectivity index (χ4n) is 2.19. The summed E-state index contributed by atoms with van der Waals surface area (Å²) in [5, 5.41) is 1.97. The van der Waals surface area contributed by atoms with Crippen LogP contribution >= 0.6 is 11.3 Å². The summed E-state index contributed by atoms with van der Waals surface area (Å²) in [6.45, 7) is 7.55. The van der Waals surface area contributed by atoms with Gasteiger partial charge in [-0.1, -0.05) is 6.92 Å². The number of carbonyl (C=O) groups is 1. The second-order valence-corrected chi connectivity index (χ2v) is 5.53. The number of morpholine rings is 1. The zero-order valence-corrected chi connectivity index (χ0v) is 11.3. The van der Waals surface area contributed by atoms with Crippen LogP contribution in [0.15, 0.2) is 11.4 Å². The van der Waals surface area contributed by atoms with Gasteiger partial charge >= 0.3 is 0 Å². The molecule has 2 heterocycles. The van der Waals surface area contributed by atoms with E-state index < -0.39 is 0 Å². The molecular formula is C13H19NO2S. The van der Waals surface area contributed by atoms with Gasteiger partial charge in [0.25, 0.3) is 0 Å². The average molecular weight is 253 g/mol. The molecule has 17 heavy (non-hydrogen) atoms. The van der Waals surface area contributed by atoms with Crippen molar-refractivity contribution >= 4 is 17.1 Å². The predicted octanol–water partition coefficient (Wildman–Crippen LogP) is 2.35. The molecule has 0 saturated carbocycles. The first-order chi connectivity index (χ1) is 8.22. The summed E-state index contributed by atoms with van der Waals surface area (Å²) >= 11 is 1.62. The SMILES string of the molecule is CCCN1CCOC(C(=O)c2ccsc2C)C1. The number of hydrogen-bond donors (Lipinski definition) is 0. The summed E-state index contributed by atoms with van der Waals surface area (Å²) in [4.78, 5) is 15.7. The van der Waals surface area contributed by atoms with Crippen molar-refractivity contribution in [1.29, 1.82) is 0 Å². The van der Waals surface area contributed by atoms with Crippen molar-refractivity contribution in [1.82, 2.24) is 4.90 Å². The van der Waals surface area contributed by atoms with E-state index in [1.165, 1.54) is 0 Å². The Labute approximate surface area is 106 Å². The second-order valence-electron chi connectivity index (χ2n) is 4.41. The Balaban J connectivity index is 2.02. The van der Waals surface area contributed by atoms with E-state index in [2.05, 4.69) is 11.8 Å². The number of ether oxygens (including phenoxy) is 1. The quantitative estimate of drug-likeness (QED) is 0.771. The largest absolute Gasteiger partial charge is 0.367 e. The van der Waals surface area contributed by atoms with Crippen LogP contribution in [0.2, 0.25) is 0 Å². The van der Waals surface area contributed by atoms with Gasteiger partial charge in [0.05, 0.1) is 6.61 Å². The highest BCUT2D eigenvalue weighted by Gasteiger charge is 2.28. The molecular weight excluding hydrogens is 234 g/mol. The van der Waals surface area contributed by atoms with Gasteiger partial charge in [0.2, 0.25) is 0 Å². The Kier molecular flexibility index (Phi) is 4.31. The van der Waals surface area contributed by atoms with Crippen LogP contribution in [-0.4, -0.2) is 43.0 Å². The molecule has 1 atom stereocenters. The van der Waals surface area contributed by atoms with Crippen molar-refractivity contribution < 1.29 is 9.53 Å². The molecule has 0 aromatic carbocycles. The Morgan fingerprint density at radius 2 is 2.47 bits per heavy atom. The summed E-state index contributed by atoms with van der Waals surface area (Å²) in [7, 11) is 0. The highest BCUT2D eigenvalue weighted by molar-refractivity contribution is 7.10. The maximum absolute atomic E-state index is 12.3. The average Bonchev–Trinajstić information content (AvgIpc) is 2.75. The molecule has 1 aromatic heterocycles. The first kappa shape index (κ1) is 12.7. The van der Waals surface area contributed by atoms with Gasteiger partial charge in [-0.2, -0.15) is 0 Å². The number of aryl methyl sites for hydroxylation is 1. The second kappa shape index (κ2) is 5.76. The van der Waals surface area contributed by atoms with E-state index in [0.29, 0.717) is 6.61 Å². The number of carbonyl (C=O) groups excluding carboxylic acids is 1. The highest BCUT2D eigenvalue weighted by Crippen LogP contribution is 2.19. The lowest BCUT2D eigenvalue weighted by Crippen LogP contribution is -2.46. The van der Waals surface area contributed by atoms with Gasteiger partial charge in [-0.3, -0.25) is 9.69 Å². The third kappa shape index (κ3) is 2.94. The Hall–Kier alpha value is -0.710. The van der Waals surface area contributed by atoms with Crippen molar-refractivity contribution in [2.24, 2.45) is 0 Å². The molecule has 4 heteroatoms. The van der Waals surface area contributed by atoms with Gasteiger partial charge in [0.15, 0.2) is 5.78 Å². The third-order valence-electron chi connectivity index (χ3n) is 3.11. The molecule has 1 fully saturated rings. The van der Waals surface area contributed by atoms with Gasteiger partial charge in [0.1, 0.15) is 6.10 Å². The van der Waals surface area contributed by atoms with E-state index in [0.717, 1.165) is 36.5 Å². The van der Waals surface area contributed by atoms with E-state index in [9.17, 15) is 4.79 Å². The topological polar surface area (TPSA) is 29.5 Å². The van der Waals surface area contributed by atoms with Gasteiger partial charge < -0.3 is 4.74 Å². The number of rotatable bonds is 4. The lowest BCUT2D eigenvalue weighted by atomic mass is 10.1. The van der Waals surface area contributed by atoms with Crippen molar-refractivity contribution in [2.45, 2.75) is 26.4 Å². The van der Waals surface area contributed by atoms with E-state index in [-0.39, 0.29) is 11.9 Å². The number of hydrogen-bond acceptors (Lipinski definition) is 4. The van der Waals surface area contributed by atoms with Gasteiger partial charge in [-0.15, -0.1) is 11.3 Å². The number of Topliss-reactive ketones (excluding diaryl/α,β-unsaturated/α-hetero) is 1. The molecule has 0 amide bonds. The maximum Gasteiger partial charge on any atom is 0.193 e. The molecule has 2 rings (SSSR count). The molecule has 3 nitrogen and oxygen atoms in total. The zero-order valence-electron chi connectivity index (χ0n) is 10.4. The minimum Gasteiger partial charge on any atom is -0.367 e. The summed E-state index contributed by atoms with van der Waals surface area (Å²) < 4.78 is 5.61. The molecule has 0 aliphatic carbocycles. The van der Waals surface area contributed by atoms with E-state index >= 15 is 0 Å². The molecule has 0 bridgehead atoms. The Bertz CT molecular complexity index is 387. The van der Waals surface area contributed by atoms with Crippen LogP contribution in [0.5, 0.6) is 0 Å². The van der Waals surface area contributed by atoms with Crippen molar-refractivity contribution in [3.63, 3.8) is 0 Å². The highest BCUT2D eigenvalue weighted by atomic mass is 32.1. The maximum atomic E-state index is 12.3. The summed E-state index contributed by atoms with van der Waals surface area (Å²) in [5.74, 6) is 0.143. The van der Waals surface area contributed by atoms with Crippen LogP contribution in [0.1, 0.15) is 28.6 Å². The smallest absolute Gasteiger partial charge is 0.193 e. The van der Waals surface area contributed by atoms with E-state index in [1.807, 2.05) is 18.4 Å². The van der Waals surface area contributed by atoms with Crippen LogP contribution in [0, 0.1) is 6.92 Å². The minimum atomic E-state index is -0.274. The first-order valence-corrected chi connectivity index (χ1v) is 7.02. The van der Waals surface area contributed by atoms with Crippen molar-refractivity contribution in [3.05, 3.63) is 21.9 Å². The van der Waals surface area contributed by atoms with Crippen molar-refractivity contribution in [3.8, 4) is 0 Å². The standard InChI is InChI=1S/C13H19NO2S/c1-3-5-14-6-7-16-12(9-14)13(15)11-4-8-17-10(11)2/h4,8,12H,3,5-7,9H2,1-2H3. The van der Waals surface area contributed by atoms with Gasteiger partial charge in [-0.25, -0.2) is 0 Å². The fourth-order valence-corrected chi connectivity index (χ4v) is 2.90.